The van der Waals surface area contributed by atoms with Gasteiger partial charge < -0.3 is 15.0 Å². The van der Waals surface area contributed by atoms with Crippen molar-refractivity contribution in [1.29, 1.82) is 0 Å². The number of nitrogens with zero attached hydrogens (tertiary/aromatic N) is 2. The largest absolute Gasteiger partial charge is 0.466 e. The molecule has 26 heavy (non-hydrogen) atoms. The fraction of sp³-hybridized carbons (Fsp3) is 0.556. The smallest absolute Gasteiger partial charge is 0.310 e. The van der Waals surface area contributed by atoms with E-state index >= 15 is 0 Å². The van der Waals surface area contributed by atoms with Gasteiger partial charge in [0.25, 0.3) is 5.69 Å². The molecule has 0 bridgehead atoms. The number of anilines is 1. The van der Waals surface area contributed by atoms with Crippen LogP contribution in [0.15, 0.2) is 18.2 Å². The Morgan fingerprint density at radius 1 is 1.42 bits per heavy atom. The molecule has 1 amide bonds. The maximum Gasteiger partial charge on any atom is 0.310 e. The summed E-state index contributed by atoms with van der Waals surface area (Å²) in [7, 11) is 0. The first-order valence-corrected chi connectivity index (χ1v) is 8.84. The molecule has 0 aromatic heterocycles. The van der Waals surface area contributed by atoms with E-state index in [1.165, 1.54) is 12.1 Å². The molecule has 1 saturated heterocycles. The number of ether oxygens (including phenoxy) is 1. The first kappa shape index (κ1) is 19.8. The lowest BCUT2D eigenvalue weighted by Crippen LogP contribution is -2.40. The maximum atomic E-state index is 12.2. The number of nitro groups is 1. The maximum absolute atomic E-state index is 12.2. The number of hydrogen-bond donors (Lipinski definition) is 1. The van der Waals surface area contributed by atoms with Crippen LogP contribution in [0.1, 0.15) is 31.7 Å². The zero-order valence-corrected chi connectivity index (χ0v) is 15.2. The third-order valence-corrected chi connectivity index (χ3v) is 4.49. The highest BCUT2D eigenvalue weighted by molar-refractivity contribution is 5.92. The molecule has 1 fully saturated rings. The number of nitrogens with one attached hydrogen (secondary N) is 1. The predicted octanol–water partition coefficient (Wildman–Crippen LogP) is 2.51. The van der Waals surface area contributed by atoms with Crippen LogP contribution in [0, 0.1) is 23.0 Å². The summed E-state index contributed by atoms with van der Waals surface area (Å²) in [5.41, 5.74) is 1.16. The van der Waals surface area contributed by atoms with Gasteiger partial charge in [-0.05, 0) is 38.8 Å². The zero-order chi connectivity index (χ0) is 19.1. The molecule has 2 rings (SSSR count). The molecule has 142 valence electrons. The van der Waals surface area contributed by atoms with Gasteiger partial charge in [-0.3, -0.25) is 19.7 Å². The highest BCUT2D eigenvalue weighted by Gasteiger charge is 2.26. The topological polar surface area (TPSA) is 102 Å². The van der Waals surface area contributed by atoms with E-state index in [1.807, 2.05) is 0 Å². The molecule has 1 aromatic rings. The summed E-state index contributed by atoms with van der Waals surface area (Å²) in [6.07, 6.45) is 1.97. The Hall–Kier alpha value is -2.48. The van der Waals surface area contributed by atoms with E-state index in [1.54, 1.807) is 19.9 Å². The van der Waals surface area contributed by atoms with Gasteiger partial charge in [0.05, 0.1) is 23.1 Å². The average molecular weight is 363 g/mol. The minimum absolute atomic E-state index is 0.0563. The first-order chi connectivity index (χ1) is 12.4. The predicted molar refractivity (Wildman–Crippen MR) is 96.9 cm³/mol. The Bertz CT molecular complexity index is 677. The van der Waals surface area contributed by atoms with Gasteiger partial charge in [-0.2, -0.15) is 0 Å². The van der Waals surface area contributed by atoms with E-state index in [9.17, 15) is 19.7 Å². The average Bonchev–Trinajstić information content (AvgIpc) is 2.62. The number of aryl methyl sites for hydroxylation is 1. The lowest BCUT2D eigenvalue weighted by atomic mass is 9.98. The van der Waals surface area contributed by atoms with Crippen molar-refractivity contribution in [2.45, 2.75) is 33.1 Å². The number of rotatable bonds is 7. The summed E-state index contributed by atoms with van der Waals surface area (Å²) in [6, 6.07) is 4.39. The van der Waals surface area contributed by atoms with E-state index in [-0.39, 0.29) is 29.9 Å². The lowest BCUT2D eigenvalue weighted by molar-refractivity contribution is -0.384. The molecule has 0 radical (unpaired) electrons. The molecule has 0 spiro atoms. The van der Waals surface area contributed by atoms with Gasteiger partial charge in [-0.15, -0.1) is 0 Å². The molecular weight excluding hydrogens is 338 g/mol. The van der Waals surface area contributed by atoms with Crippen molar-refractivity contribution >= 4 is 23.3 Å². The first-order valence-electron chi connectivity index (χ1n) is 8.84. The number of carbonyl (C=O) groups is 2. The van der Waals surface area contributed by atoms with Crippen LogP contribution in [0.2, 0.25) is 0 Å². The SMILES string of the molecule is CCOC(=O)C1CCCN(CCC(=O)Nc2cc([N+](=O)[O-])ccc2C)C1. The highest BCUT2D eigenvalue weighted by Crippen LogP contribution is 2.22. The van der Waals surface area contributed by atoms with Gasteiger partial charge in [0.2, 0.25) is 5.91 Å². The van der Waals surface area contributed by atoms with Crippen LogP contribution in [0.25, 0.3) is 0 Å². The number of hydrogen-bond acceptors (Lipinski definition) is 6. The van der Waals surface area contributed by atoms with Crippen LogP contribution in [-0.2, 0) is 14.3 Å². The minimum atomic E-state index is -0.488. The van der Waals surface area contributed by atoms with Gasteiger partial charge in [0, 0.05) is 31.6 Å². The van der Waals surface area contributed by atoms with Gasteiger partial charge in [-0.25, -0.2) is 0 Å². The second-order valence-corrected chi connectivity index (χ2v) is 6.45. The molecule has 1 aliphatic rings. The monoisotopic (exact) mass is 363 g/mol. The van der Waals surface area contributed by atoms with Crippen molar-refractivity contribution in [2.24, 2.45) is 5.92 Å². The molecule has 1 unspecified atom stereocenters. The summed E-state index contributed by atoms with van der Waals surface area (Å²) < 4.78 is 5.08. The molecule has 8 heteroatoms. The molecule has 0 saturated carbocycles. The van der Waals surface area contributed by atoms with Crippen LogP contribution < -0.4 is 5.32 Å². The number of carbonyl (C=O) groups excluding carboxylic acids is 2. The van der Waals surface area contributed by atoms with Crippen molar-refractivity contribution in [3.63, 3.8) is 0 Å². The Kier molecular flexibility index (Phi) is 7.08. The van der Waals surface area contributed by atoms with E-state index < -0.39 is 4.92 Å². The second kappa shape index (κ2) is 9.28. The number of benzene rings is 1. The molecule has 0 aliphatic carbocycles. The van der Waals surface area contributed by atoms with Crippen molar-refractivity contribution in [3.05, 3.63) is 33.9 Å². The summed E-state index contributed by atoms with van der Waals surface area (Å²) >= 11 is 0. The normalized spacial score (nSPS) is 17.5. The molecule has 8 nitrogen and oxygen atoms in total. The number of nitro benzene ring substituents is 1. The molecule has 1 atom stereocenters. The third-order valence-electron chi connectivity index (χ3n) is 4.49. The molecular formula is C18H25N3O5. The van der Waals surface area contributed by atoms with Crippen molar-refractivity contribution in [3.8, 4) is 0 Å². The quantitative estimate of drug-likeness (QED) is 0.454. The molecule has 1 heterocycles. The fourth-order valence-electron chi connectivity index (χ4n) is 3.04. The minimum Gasteiger partial charge on any atom is -0.466 e. The summed E-state index contributed by atoms with van der Waals surface area (Å²) in [4.78, 5) is 36.5. The molecule has 1 N–H and O–H groups in total. The summed E-state index contributed by atoms with van der Waals surface area (Å²) in [6.45, 7) is 5.93. The summed E-state index contributed by atoms with van der Waals surface area (Å²) in [5.74, 6) is -0.508. The Morgan fingerprint density at radius 2 is 2.19 bits per heavy atom. The third kappa shape index (κ3) is 5.52. The number of esters is 1. The molecule has 1 aliphatic heterocycles. The van der Waals surface area contributed by atoms with E-state index in [2.05, 4.69) is 10.2 Å². The van der Waals surface area contributed by atoms with Gasteiger partial charge in [-0.1, -0.05) is 6.07 Å². The Labute approximate surface area is 152 Å². The Balaban J connectivity index is 1.86. The van der Waals surface area contributed by atoms with E-state index in [0.29, 0.717) is 25.4 Å². The Morgan fingerprint density at radius 3 is 2.88 bits per heavy atom. The highest BCUT2D eigenvalue weighted by atomic mass is 16.6. The standard InChI is InChI=1S/C18H25N3O5/c1-3-26-18(23)14-5-4-9-20(12-14)10-8-17(22)19-16-11-15(21(24)25)7-6-13(16)2/h6-7,11,14H,3-5,8-10,12H2,1-2H3,(H,19,22). The zero-order valence-electron chi connectivity index (χ0n) is 15.2. The summed E-state index contributed by atoms with van der Waals surface area (Å²) in [5, 5.41) is 13.6. The van der Waals surface area contributed by atoms with Crippen LogP contribution >= 0.6 is 0 Å². The number of non-ortho nitro benzene ring substituents is 1. The van der Waals surface area contributed by atoms with Crippen LogP contribution in [0.3, 0.4) is 0 Å². The van der Waals surface area contributed by atoms with Gasteiger partial charge in [0.1, 0.15) is 0 Å². The number of likely N-dealkylation sites (tertiary alicyclic amines) is 1. The van der Waals surface area contributed by atoms with Crippen LogP contribution in [0.5, 0.6) is 0 Å². The van der Waals surface area contributed by atoms with Crippen molar-refractivity contribution in [1.82, 2.24) is 4.90 Å². The van der Waals surface area contributed by atoms with Crippen LogP contribution in [0.4, 0.5) is 11.4 Å². The second-order valence-electron chi connectivity index (χ2n) is 6.45. The van der Waals surface area contributed by atoms with Crippen molar-refractivity contribution in [2.75, 3.05) is 31.6 Å². The molecule has 1 aromatic carbocycles. The number of piperidine rings is 1. The van der Waals surface area contributed by atoms with Gasteiger partial charge in [0.15, 0.2) is 0 Å². The van der Waals surface area contributed by atoms with E-state index in [4.69, 9.17) is 4.74 Å². The van der Waals surface area contributed by atoms with Crippen LogP contribution in [-0.4, -0.2) is 47.9 Å². The van der Waals surface area contributed by atoms with E-state index in [0.717, 1.165) is 24.9 Å². The van der Waals surface area contributed by atoms with Gasteiger partial charge >= 0.3 is 5.97 Å². The number of amides is 1. The van der Waals surface area contributed by atoms with Crippen molar-refractivity contribution < 1.29 is 19.2 Å². The lowest BCUT2D eigenvalue weighted by Gasteiger charge is -2.31. The fourth-order valence-corrected chi connectivity index (χ4v) is 3.04.